The number of halogens is 1. The van der Waals surface area contributed by atoms with Gasteiger partial charge in [-0.2, -0.15) is 0 Å². The fraction of sp³-hybridized carbons (Fsp3) is 0.143. The smallest absolute Gasteiger partial charge is 0.344 e. The summed E-state index contributed by atoms with van der Waals surface area (Å²) in [5, 5.41) is 0. The molecule has 1 aromatic rings. The summed E-state index contributed by atoms with van der Waals surface area (Å²) in [6.45, 7) is 1.41. The van der Waals surface area contributed by atoms with Crippen molar-refractivity contribution in [2.24, 2.45) is 0 Å². The molecule has 0 N–H and O–H groups in total. The standard InChI is InChI=1S/C14H11BrO4/c1-9(16)18-7-6-12-8-13(14(17)19-12)10-2-4-11(15)5-3-10/h2-6,8H,7H2,1H3/b12-6-. The van der Waals surface area contributed by atoms with E-state index in [4.69, 9.17) is 9.47 Å². The molecular weight excluding hydrogens is 312 g/mol. The summed E-state index contributed by atoms with van der Waals surface area (Å²) in [6, 6.07) is 7.35. The predicted octanol–water partition coefficient (Wildman–Crippen LogP) is 2.84. The third-order valence-corrected chi connectivity index (χ3v) is 2.97. The van der Waals surface area contributed by atoms with Gasteiger partial charge in [-0.1, -0.05) is 28.1 Å². The van der Waals surface area contributed by atoms with E-state index in [1.54, 1.807) is 12.2 Å². The van der Waals surface area contributed by atoms with Crippen molar-refractivity contribution >= 4 is 33.4 Å². The second-order valence-corrected chi connectivity index (χ2v) is 4.78. The quantitative estimate of drug-likeness (QED) is 0.803. The Hall–Kier alpha value is -1.88. The number of rotatable bonds is 3. The number of carbonyl (C=O) groups is 2. The molecule has 1 aromatic carbocycles. The molecule has 0 unspecified atom stereocenters. The first-order valence-corrected chi connectivity index (χ1v) is 6.39. The van der Waals surface area contributed by atoms with Crippen LogP contribution in [0.25, 0.3) is 5.57 Å². The lowest BCUT2D eigenvalue weighted by Crippen LogP contribution is -2.00. The number of esters is 2. The van der Waals surface area contributed by atoms with Crippen LogP contribution in [0.5, 0.6) is 0 Å². The summed E-state index contributed by atoms with van der Waals surface area (Å²) in [5.74, 6) is -0.390. The van der Waals surface area contributed by atoms with Gasteiger partial charge in [-0.25, -0.2) is 4.79 Å². The molecule has 2 rings (SSSR count). The Morgan fingerprint density at radius 3 is 2.68 bits per heavy atom. The molecule has 19 heavy (non-hydrogen) atoms. The first-order valence-electron chi connectivity index (χ1n) is 5.59. The van der Waals surface area contributed by atoms with E-state index in [0.29, 0.717) is 11.3 Å². The summed E-state index contributed by atoms with van der Waals surface area (Å²) < 4.78 is 10.8. The Morgan fingerprint density at radius 2 is 2.05 bits per heavy atom. The van der Waals surface area contributed by atoms with E-state index >= 15 is 0 Å². The van der Waals surface area contributed by atoms with Crippen LogP contribution in [-0.4, -0.2) is 18.5 Å². The Kier molecular flexibility index (Phi) is 4.16. The van der Waals surface area contributed by atoms with Gasteiger partial charge in [-0.15, -0.1) is 0 Å². The van der Waals surface area contributed by atoms with Crippen molar-refractivity contribution < 1.29 is 19.1 Å². The van der Waals surface area contributed by atoms with Gasteiger partial charge in [0, 0.05) is 11.4 Å². The molecule has 0 amide bonds. The van der Waals surface area contributed by atoms with Crippen molar-refractivity contribution in [3.05, 3.63) is 52.2 Å². The van der Waals surface area contributed by atoms with Crippen LogP contribution < -0.4 is 0 Å². The number of cyclic esters (lactones) is 1. The van der Waals surface area contributed by atoms with Gasteiger partial charge in [0.15, 0.2) is 0 Å². The van der Waals surface area contributed by atoms with E-state index in [-0.39, 0.29) is 12.6 Å². The largest absolute Gasteiger partial charge is 0.461 e. The van der Waals surface area contributed by atoms with Crippen LogP contribution in [0.2, 0.25) is 0 Å². The maximum absolute atomic E-state index is 11.7. The van der Waals surface area contributed by atoms with Gasteiger partial charge >= 0.3 is 11.9 Å². The first-order chi connectivity index (χ1) is 9.06. The van der Waals surface area contributed by atoms with Crippen molar-refractivity contribution in [3.63, 3.8) is 0 Å². The molecule has 1 aliphatic rings. The minimum Gasteiger partial charge on any atom is -0.461 e. The maximum Gasteiger partial charge on any atom is 0.344 e. The van der Waals surface area contributed by atoms with Crippen molar-refractivity contribution in [1.29, 1.82) is 0 Å². The van der Waals surface area contributed by atoms with Gasteiger partial charge in [0.2, 0.25) is 0 Å². The normalized spacial score (nSPS) is 16.2. The zero-order valence-corrected chi connectivity index (χ0v) is 11.8. The lowest BCUT2D eigenvalue weighted by molar-refractivity contribution is -0.139. The van der Waals surface area contributed by atoms with E-state index in [0.717, 1.165) is 10.0 Å². The molecule has 0 saturated heterocycles. The van der Waals surface area contributed by atoms with Gasteiger partial charge in [0.1, 0.15) is 12.4 Å². The van der Waals surface area contributed by atoms with Crippen LogP contribution in [0.1, 0.15) is 12.5 Å². The van der Waals surface area contributed by atoms with Crippen LogP contribution in [-0.2, 0) is 19.1 Å². The van der Waals surface area contributed by atoms with Gasteiger partial charge in [0.05, 0.1) is 5.57 Å². The number of hydrogen-bond donors (Lipinski definition) is 0. The molecule has 0 radical (unpaired) electrons. The van der Waals surface area contributed by atoms with Crippen LogP contribution in [0, 0.1) is 0 Å². The molecule has 0 bridgehead atoms. The fourth-order valence-electron chi connectivity index (χ4n) is 1.57. The number of carbonyl (C=O) groups excluding carboxylic acids is 2. The van der Waals surface area contributed by atoms with Gasteiger partial charge in [-0.3, -0.25) is 4.79 Å². The topological polar surface area (TPSA) is 52.6 Å². The molecule has 1 heterocycles. The van der Waals surface area contributed by atoms with E-state index < -0.39 is 5.97 Å². The summed E-state index contributed by atoms with van der Waals surface area (Å²) >= 11 is 3.33. The number of allylic oxidation sites excluding steroid dienone is 1. The molecule has 0 aliphatic carbocycles. The Labute approximate surface area is 118 Å². The van der Waals surface area contributed by atoms with Gasteiger partial charge < -0.3 is 9.47 Å². The van der Waals surface area contributed by atoms with Crippen LogP contribution in [0.3, 0.4) is 0 Å². The average molecular weight is 323 g/mol. The minimum atomic E-state index is -0.406. The van der Waals surface area contributed by atoms with Crippen molar-refractivity contribution in [2.75, 3.05) is 6.61 Å². The maximum atomic E-state index is 11.7. The Bertz CT molecular complexity index is 570. The monoisotopic (exact) mass is 322 g/mol. The number of hydrogen-bond acceptors (Lipinski definition) is 4. The van der Waals surface area contributed by atoms with Gasteiger partial charge in [0.25, 0.3) is 0 Å². The summed E-state index contributed by atoms with van der Waals surface area (Å²) in [4.78, 5) is 22.3. The molecule has 1 aliphatic heterocycles. The lowest BCUT2D eigenvalue weighted by atomic mass is 10.1. The first kappa shape index (κ1) is 13.5. The van der Waals surface area contributed by atoms with Crippen molar-refractivity contribution in [2.45, 2.75) is 6.92 Å². The van der Waals surface area contributed by atoms with Crippen molar-refractivity contribution in [3.8, 4) is 0 Å². The zero-order chi connectivity index (χ0) is 13.8. The second kappa shape index (κ2) is 5.84. The van der Waals surface area contributed by atoms with E-state index in [1.807, 2.05) is 24.3 Å². The SMILES string of the molecule is CC(=O)OC/C=C1/C=C(c2ccc(Br)cc2)C(=O)O1. The minimum absolute atomic E-state index is 0.0854. The van der Waals surface area contributed by atoms with Crippen LogP contribution in [0.4, 0.5) is 0 Å². The Morgan fingerprint density at radius 1 is 1.37 bits per heavy atom. The second-order valence-electron chi connectivity index (χ2n) is 3.86. The fourth-order valence-corrected chi connectivity index (χ4v) is 1.83. The predicted molar refractivity (Wildman–Crippen MR) is 72.9 cm³/mol. The van der Waals surface area contributed by atoms with Crippen LogP contribution in [0.15, 0.2) is 46.6 Å². The van der Waals surface area contributed by atoms with E-state index in [9.17, 15) is 9.59 Å². The van der Waals surface area contributed by atoms with Gasteiger partial charge in [-0.05, 0) is 29.8 Å². The molecule has 0 saturated carbocycles. The summed E-state index contributed by atoms with van der Waals surface area (Å²) in [6.07, 6.45) is 3.18. The molecule has 5 heteroatoms. The highest BCUT2D eigenvalue weighted by molar-refractivity contribution is 9.10. The average Bonchev–Trinajstić information content (AvgIpc) is 2.71. The highest BCUT2D eigenvalue weighted by Crippen LogP contribution is 2.26. The highest BCUT2D eigenvalue weighted by atomic mass is 79.9. The Balaban J connectivity index is 2.15. The summed E-state index contributed by atoms with van der Waals surface area (Å²) in [5.41, 5.74) is 1.27. The molecule has 0 fully saturated rings. The zero-order valence-electron chi connectivity index (χ0n) is 10.2. The molecule has 0 spiro atoms. The summed E-state index contributed by atoms with van der Waals surface area (Å²) in [7, 11) is 0. The van der Waals surface area contributed by atoms with Crippen molar-refractivity contribution in [1.82, 2.24) is 0 Å². The molecular formula is C14H11BrO4. The van der Waals surface area contributed by atoms with Crippen LogP contribution >= 0.6 is 15.9 Å². The lowest BCUT2D eigenvalue weighted by Gasteiger charge is -1.99. The third kappa shape index (κ3) is 3.54. The highest BCUT2D eigenvalue weighted by Gasteiger charge is 2.22. The van der Waals surface area contributed by atoms with E-state index in [1.165, 1.54) is 6.92 Å². The third-order valence-electron chi connectivity index (χ3n) is 2.44. The number of benzene rings is 1. The molecule has 0 aromatic heterocycles. The molecule has 0 atom stereocenters. The van der Waals surface area contributed by atoms with E-state index in [2.05, 4.69) is 15.9 Å². The molecule has 4 nitrogen and oxygen atoms in total. The molecule has 98 valence electrons. The number of ether oxygens (including phenoxy) is 2.